The van der Waals surface area contributed by atoms with E-state index >= 15 is 0 Å². The molecule has 0 radical (unpaired) electrons. The van der Waals surface area contributed by atoms with Crippen molar-refractivity contribution in [1.29, 1.82) is 0 Å². The van der Waals surface area contributed by atoms with Crippen LogP contribution >= 0.6 is 0 Å². The van der Waals surface area contributed by atoms with Crippen LogP contribution in [0.3, 0.4) is 0 Å². The fourth-order valence-electron chi connectivity index (χ4n) is 2.04. The largest absolute Gasteiger partial charge is 0.472 e. The summed E-state index contributed by atoms with van der Waals surface area (Å²) in [5.74, 6) is 0.191. The molecule has 0 aliphatic carbocycles. The molecule has 1 aromatic heterocycles. The lowest BCUT2D eigenvalue weighted by Crippen LogP contribution is -2.34. The fraction of sp³-hybridized carbons (Fsp3) is 0.583. The molecule has 0 saturated carbocycles. The summed E-state index contributed by atoms with van der Waals surface area (Å²) in [6, 6.07) is 2.27. The first kappa shape index (κ1) is 10.4. The lowest BCUT2D eigenvalue weighted by molar-refractivity contribution is 0.0973. The van der Waals surface area contributed by atoms with Gasteiger partial charge in [-0.05, 0) is 31.9 Å². The van der Waals surface area contributed by atoms with Crippen molar-refractivity contribution in [1.82, 2.24) is 5.32 Å². The maximum Gasteiger partial charge on any atom is 0.166 e. The van der Waals surface area contributed by atoms with Gasteiger partial charge in [-0.2, -0.15) is 0 Å². The minimum Gasteiger partial charge on any atom is -0.472 e. The van der Waals surface area contributed by atoms with Crippen molar-refractivity contribution in [2.75, 3.05) is 6.54 Å². The summed E-state index contributed by atoms with van der Waals surface area (Å²) < 4.78 is 4.89. The Labute approximate surface area is 89.9 Å². The zero-order valence-electron chi connectivity index (χ0n) is 8.87. The van der Waals surface area contributed by atoms with Gasteiger partial charge in [-0.15, -0.1) is 0 Å². The van der Waals surface area contributed by atoms with Gasteiger partial charge in [-0.3, -0.25) is 4.79 Å². The molecule has 2 rings (SSSR count). The Morgan fingerprint density at radius 1 is 1.53 bits per heavy atom. The maximum absolute atomic E-state index is 11.7. The molecule has 2 heterocycles. The van der Waals surface area contributed by atoms with Crippen molar-refractivity contribution in [2.45, 2.75) is 38.1 Å². The third-order valence-electron chi connectivity index (χ3n) is 2.98. The minimum absolute atomic E-state index is 0.191. The van der Waals surface area contributed by atoms with Crippen LogP contribution in [0.5, 0.6) is 0 Å². The molecule has 1 N–H and O–H groups in total. The molecule has 1 aromatic rings. The summed E-state index contributed by atoms with van der Waals surface area (Å²) in [7, 11) is 0. The van der Waals surface area contributed by atoms with E-state index in [1.54, 1.807) is 12.3 Å². The van der Waals surface area contributed by atoms with Crippen LogP contribution in [0.1, 0.15) is 42.5 Å². The van der Waals surface area contributed by atoms with Crippen molar-refractivity contribution in [2.24, 2.45) is 0 Å². The first-order valence-electron chi connectivity index (χ1n) is 5.65. The second-order valence-corrected chi connectivity index (χ2v) is 4.12. The van der Waals surface area contributed by atoms with E-state index in [1.807, 2.05) is 0 Å². The van der Waals surface area contributed by atoms with Crippen LogP contribution in [0, 0.1) is 0 Å². The van der Waals surface area contributed by atoms with Gasteiger partial charge < -0.3 is 9.73 Å². The topological polar surface area (TPSA) is 42.2 Å². The molecule has 1 aliphatic rings. The molecule has 1 saturated heterocycles. The van der Waals surface area contributed by atoms with Gasteiger partial charge in [0.25, 0.3) is 0 Å². The molecule has 1 atom stereocenters. The fourth-order valence-corrected chi connectivity index (χ4v) is 2.04. The van der Waals surface area contributed by atoms with Crippen LogP contribution < -0.4 is 5.32 Å². The van der Waals surface area contributed by atoms with Crippen molar-refractivity contribution in [3.63, 3.8) is 0 Å². The van der Waals surface area contributed by atoms with E-state index in [-0.39, 0.29) is 5.78 Å². The molecule has 0 amide bonds. The molecule has 0 spiro atoms. The number of hydrogen-bond acceptors (Lipinski definition) is 3. The number of nitrogens with one attached hydrogen (secondary N) is 1. The summed E-state index contributed by atoms with van der Waals surface area (Å²) in [4.78, 5) is 11.7. The van der Waals surface area contributed by atoms with Gasteiger partial charge >= 0.3 is 0 Å². The molecule has 1 fully saturated rings. The van der Waals surface area contributed by atoms with Crippen LogP contribution in [0.2, 0.25) is 0 Å². The minimum atomic E-state index is 0.191. The van der Waals surface area contributed by atoms with Gasteiger partial charge in [-0.1, -0.05) is 6.42 Å². The van der Waals surface area contributed by atoms with E-state index < -0.39 is 0 Å². The molecular weight excluding hydrogens is 190 g/mol. The molecule has 15 heavy (non-hydrogen) atoms. The molecule has 1 unspecified atom stereocenters. The first-order valence-corrected chi connectivity index (χ1v) is 5.65. The van der Waals surface area contributed by atoms with E-state index in [0.29, 0.717) is 18.0 Å². The average molecular weight is 207 g/mol. The maximum atomic E-state index is 11.7. The monoisotopic (exact) mass is 207 g/mol. The quantitative estimate of drug-likeness (QED) is 0.771. The zero-order chi connectivity index (χ0) is 10.5. The second-order valence-electron chi connectivity index (χ2n) is 4.12. The average Bonchev–Trinajstić information content (AvgIpc) is 2.81. The van der Waals surface area contributed by atoms with Crippen molar-refractivity contribution < 1.29 is 9.21 Å². The van der Waals surface area contributed by atoms with E-state index in [9.17, 15) is 4.79 Å². The Balaban J connectivity index is 1.75. The molecule has 3 nitrogen and oxygen atoms in total. The van der Waals surface area contributed by atoms with Crippen molar-refractivity contribution >= 4 is 5.78 Å². The predicted octanol–water partition coefficient (Wildman–Crippen LogP) is 2.38. The lowest BCUT2D eigenvalue weighted by atomic mass is 9.98. The highest BCUT2D eigenvalue weighted by Crippen LogP contribution is 2.14. The van der Waals surface area contributed by atoms with Crippen LogP contribution in [0.4, 0.5) is 0 Å². The van der Waals surface area contributed by atoms with Crippen LogP contribution in [0.15, 0.2) is 23.0 Å². The van der Waals surface area contributed by atoms with E-state index in [2.05, 4.69) is 5.32 Å². The normalized spacial score (nSPS) is 21.5. The second kappa shape index (κ2) is 5.12. The lowest BCUT2D eigenvalue weighted by Gasteiger charge is -2.22. The summed E-state index contributed by atoms with van der Waals surface area (Å²) in [6.45, 7) is 1.10. The Kier molecular flexibility index (Phi) is 3.56. The zero-order valence-corrected chi connectivity index (χ0v) is 8.87. The van der Waals surface area contributed by atoms with Gasteiger partial charge in [0, 0.05) is 12.5 Å². The van der Waals surface area contributed by atoms with Gasteiger partial charge in [0.2, 0.25) is 0 Å². The standard InChI is InChI=1S/C12H17NO2/c14-12(10-6-8-15-9-10)5-4-11-3-1-2-7-13-11/h6,8-9,11,13H,1-5,7H2. The Morgan fingerprint density at radius 2 is 2.47 bits per heavy atom. The van der Waals surface area contributed by atoms with E-state index in [4.69, 9.17) is 4.42 Å². The number of ketones is 1. The molecule has 82 valence electrons. The number of carbonyl (C=O) groups excluding carboxylic acids is 1. The van der Waals surface area contributed by atoms with Crippen LogP contribution in [0.25, 0.3) is 0 Å². The molecule has 3 heteroatoms. The third kappa shape index (κ3) is 2.93. The number of carbonyl (C=O) groups is 1. The number of Topliss-reactive ketones (excluding diaryl/α,β-unsaturated/α-hetero) is 1. The number of rotatable bonds is 4. The Bertz CT molecular complexity index is 299. The number of furan rings is 1. The summed E-state index contributed by atoms with van der Waals surface area (Å²) in [6.07, 6.45) is 8.41. The van der Waals surface area contributed by atoms with Crippen molar-refractivity contribution in [3.8, 4) is 0 Å². The molecular formula is C12H17NO2. The van der Waals surface area contributed by atoms with Gasteiger partial charge in [0.1, 0.15) is 6.26 Å². The Hall–Kier alpha value is -1.09. The predicted molar refractivity (Wildman–Crippen MR) is 57.9 cm³/mol. The van der Waals surface area contributed by atoms with E-state index in [1.165, 1.54) is 25.5 Å². The summed E-state index contributed by atoms with van der Waals surface area (Å²) >= 11 is 0. The van der Waals surface area contributed by atoms with Crippen LogP contribution in [-0.2, 0) is 0 Å². The van der Waals surface area contributed by atoms with Gasteiger partial charge in [-0.25, -0.2) is 0 Å². The highest BCUT2D eigenvalue weighted by molar-refractivity contribution is 5.95. The highest BCUT2D eigenvalue weighted by Gasteiger charge is 2.15. The smallest absolute Gasteiger partial charge is 0.166 e. The van der Waals surface area contributed by atoms with Crippen LogP contribution in [-0.4, -0.2) is 18.4 Å². The molecule has 1 aliphatic heterocycles. The molecule has 0 bridgehead atoms. The Morgan fingerprint density at radius 3 is 3.13 bits per heavy atom. The third-order valence-corrected chi connectivity index (χ3v) is 2.98. The number of piperidine rings is 1. The SMILES string of the molecule is O=C(CCC1CCCCN1)c1ccoc1. The van der Waals surface area contributed by atoms with E-state index in [0.717, 1.165) is 13.0 Å². The molecule has 0 aromatic carbocycles. The number of hydrogen-bond donors (Lipinski definition) is 1. The summed E-state index contributed by atoms with van der Waals surface area (Å²) in [5.41, 5.74) is 0.700. The van der Waals surface area contributed by atoms with Gasteiger partial charge in [0.15, 0.2) is 5.78 Å². The summed E-state index contributed by atoms with van der Waals surface area (Å²) in [5, 5.41) is 3.44. The first-order chi connectivity index (χ1) is 7.36. The highest BCUT2D eigenvalue weighted by atomic mass is 16.3. The van der Waals surface area contributed by atoms with Crippen molar-refractivity contribution in [3.05, 3.63) is 24.2 Å². The van der Waals surface area contributed by atoms with Gasteiger partial charge in [0.05, 0.1) is 11.8 Å².